The first-order valence-electron chi connectivity index (χ1n) is 3.48. The molecule has 0 saturated heterocycles. The second kappa shape index (κ2) is 3.10. The van der Waals surface area contributed by atoms with Crippen LogP contribution in [0, 0.1) is 12.8 Å². The molecule has 0 spiro atoms. The van der Waals surface area contributed by atoms with E-state index in [9.17, 15) is 0 Å². The number of aryl methyl sites for hydroxylation is 1. The molecule has 0 atom stereocenters. The quantitative estimate of drug-likeness (QED) is 0.655. The molecule has 3 heteroatoms. The lowest BCUT2D eigenvalue weighted by Gasteiger charge is -1.99. The van der Waals surface area contributed by atoms with Gasteiger partial charge in [-0.3, -0.25) is 0 Å². The highest BCUT2D eigenvalue weighted by molar-refractivity contribution is 7.05. The van der Waals surface area contributed by atoms with Gasteiger partial charge in [-0.2, -0.15) is 0 Å². The second-order valence-corrected chi connectivity index (χ2v) is 3.83. The van der Waals surface area contributed by atoms with Gasteiger partial charge in [-0.1, -0.05) is 18.3 Å². The minimum atomic E-state index is 0.683. The minimum absolute atomic E-state index is 0.683. The van der Waals surface area contributed by atoms with E-state index in [2.05, 4.69) is 30.4 Å². The Balaban J connectivity index is 2.65. The third-order valence-corrected chi connectivity index (χ3v) is 2.02. The molecule has 56 valence electrons. The first-order valence-corrected chi connectivity index (χ1v) is 4.25. The Hall–Kier alpha value is -0.440. The van der Waals surface area contributed by atoms with Crippen molar-refractivity contribution in [2.45, 2.75) is 27.2 Å². The van der Waals surface area contributed by atoms with Crippen LogP contribution in [0.25, 0.3) is 0 Å². The van der Waals surface area contributed by atoms with Gasteiger partial charge >= 0.3 is 0 Å². The van der Waals surface area contributed by atoms with Gasteiger partial charge in [-0.25, -0.2) is 0 Å². The second-order valence-electron chi connectivity index (χ2n) is 2.87. The standard InChI is InChI=1S/C7H12N2S/c1-5(2)4-7-6(3)10-9-8-7/h5H,4H2,1-3H3. The van der Waals surface area contributed by atoms with E-state index in [1.165, 1.54) is 22.1 Å². The molecule has 1 rings (SSSR count). The summed E-state index contributed by atoms with van der Waals surface area (Å²) in [6.07, 6.45) is 1.06. The van der Waals surface area contributed by atoms with E-state index in [1.54, 1.807) is 0 Å². The van der Waals surface area contributed by atoms with Gasteiger partial charge in [0.15, 0.2) is 0 Å². The molecule has 1 aromatic rings. The SMILES string of the molecule is Cc1snnc1CC(C)C. The van der Waals surface area contributed by atoms with Crippen LogP contribution in [-0.4, -0.2) is 9.59 Å². The maximum atomic E-state index is 4.02. The van der Waals surface area contributed by atoms with Crippen molar-refractivity contribution in [3.05, 3.63) is 10.6 Å². The van der Waals surface area contributed by atoms with Gasteiger partial charge in [0.2, 0.25) is 0 Å². The van der Waals surface area contributed by atoms with Crippen LogP contribution in [0.4, 0.5) is 0 Å². The summed E-state index contributed by atoms with van der Waals surface area (Å²) in [5, 5.41) is 4.02. The summed E-state index contributed by atoms with van der Waals surface area (Å²) < 4.78 is 3.87. The van der Waals surface area contributed by atoms with Crippen LogP contribution in [0.3, 0.4) is 0 Å². The molecule has 0 aromatic carbocycles. The molecular formula is C7H12N2S. The number of nitrogens with zero attached hydrogens (tertiary/aromatic N) is 2. The Morgan fingerprint density at radius 2 is 2.20 bits per heavy atom. The number of hydrogen-bond donors (Lipinski definition) is 0. The molecule has 0 bridgehead atoms. The van der Waals surface area contributed by atoms with Gasteiger partial charge in [0.05, 0.1) is 5.69 Å². The Kier molecular flexibility index (Phi) is 2.38. The van der Waals surface area contributed by atoms with Crippen molar-refractivity contribution in [3.8, 4) is 0 Å². The summed E-state index contributed by atoms with van der Waals surface area (Å²) in [7, 11) is 0. The zero-order chi connectivity index (χ0) is 7.56. The summed E-state index contributed by atoms with van der Waals surface area (Å²) in [5.41, 5.74) is 1.17. The highest BCUT2D eigenvalue weighted by Crippen LogP contribution is 2.12. The van der Waals surface area contributed by atoms with Crippen LogP contribution in [0.1, 0.15) is 24.4 Å². The smallest absolute Gasteiger partial charge is 0.0787 e. The van der Waals surface area contributed by atoms with E-state index in [1.807, 2.05) is 0 Å². The van der Waals surface area contributed by atoms with Gasteiger partial charge in [-0.15, -0.1) is 5.10 Å². The predicted molar refractivity (Wildman–Crippen MR) is 43.2 cm³/mol. The van der Waals surface area contributed by atoms with Crippen molar-refractivity contribution >= 4 is 11.5 Å². The van der Waals surface area contributed by atoms with Gasteiger partial charge < -0.3 is 0 Å². The van der Waals surface area contributed by atoms with E-state index >= 15 is 0 Å². The zero-order valence-corrected chi connectivity index (χ0v) is 7.40. The Labute approximate surface area is 65.4 Å². The van der Waals surface area contributed by atoms with Crippen LogP contribution in [0.2, 0.25) is 0 Å². The molecule has 0 aliphatic heterocycles. The molecule has 0 radical (unpaired) electrons. The molecular weight excluding hydrogens is 144 g/mol. The van der Waals surface area contributed by atoms with E-state index in [0.29, 0.717) is 5.92 Å². The van der Waals surface area contributed by atoms with E-state index in [4.69, 9.17) is 0 Å². The molecule has 0 fully saturated rings. The summed E-state index contributed by atoms with van der Waals surface area (Å²) in [6, 6.07) is 0. The lowest BCUT2D eigenvalue weighted by Crippen LogP contribution is -1.95. The average molecular weight is 156 g/mol. The largest absolute Gasteiger partial charge is 0.143 e. The van der Waals surface area contributed by atoms with Crippen LogP contribution < -0.4 is 0 Å². The molecule has 0 aliphatic carbocycles. The fourth-order valence-corrected chi connectivity index (χ4v) is 1.32. The van der Waals surface area contributed by atoms with Crippen molar-refractivity contribution in [3.63, 3.8) is 0 Å². The van der Waals surface area contributed by atoms with Crippen LogP contribution in [-0.2, 0) is 6.42 Å². The maximum Gasteiger partial charge on any atom is 0.0787 e. The summed E-state index contributed by atoms with van der Waals surface area (Å²) in [5.74, 6) is 0.683. The molecule has 10 heavy (non-hydrogen) atoms. The molecule has 0 unspecified atom stereocenters. The fraction of sp³-hybridized carbons (Fsp3) is 0.714. The topological polar surface area (TPSA) is 25.8 Å². The van der Waals surface area contributed by atoms with Crippen molar-refractivity contribution in [1.29, 1.82) is 0 Å². The fourth-order valence-electron chi connectivity index (χ4n) is 0.825. The molecule has 0 aliphatic rings. The number of aromatic nitrogens is 2. The van der Waals surface area contributed by atoms with E-state index in [0.717, 1.165) is 6.42 Å². The highest BCUT2D eigenvalue weighted by Gasteiger charge is 2.04. The normalized spacial score (nSPS) is 10.8. The lowest BCUT2D eigenvalue weighted by molar-refractivity contribution is 0.631. The third-order valence-electron chi connectivity index (χ3n) is 1.35. The lowest BCUT2D eigenvalue weighted by atomic mass is 10.1. The number of hydrogen-bond acceptors (Lipinski definition) is 3. The Bertz CT molecular complexity index is 205. The molecule has 1 heterocycles. The molecule has 0 saturated carbocycles. The third kappa shape index (κ3) is 1.77. The Morgan fingerprint density at radius 1 is 1.50 bits per heavy atom. The van der Waals surface area contributed by atoms with Crippen molar-refractivity contribution in [2.75, 3.05) is 0 Å². The van der Waals surface area contributed by atoms with Gasteiger partial charge in [-0.05, 0) is 30.8 Å². The number of rotatable bonds is 2. The molecule has 0 amide bonds. The zero-order valence-electron chi connectivity index (χ0n) is 6.59. The van der Waals surface area contributed by atoms with E-state index in [-0.39, 0.29) is 0 Å². The van der Waals surface area contributed by atoms with Crippen LogP contribution in [0.15, 0.2) is 0 Å². The molecule has 0 N–H and O–H groups in total. The van der Waals surface area contributed by atoms with Gasteiger partial charge in [0, 0.05) is 4.88 Å². The van der Waals surface area contributed by atoms with Crippen molar-refractivity contribution in [2.24, 2.45) is 5.92 Å². The minimum Gasteiger partial charge on any atom is -0.143 e. The average Bonchev–Trinajstić information content (AvgIpc) is 2.15. The maximum absolute atomic E-state index is 4.02. The Morgan fingerprint density at radius 3 is 2.60 bits per heavy atom. The summed E-state index contributed by atoms with van der Waals surface area (Å²) in [4.78, 5) is 1.26. The van der Waals surface area contributed by atoms with Crippen LogP contribution in [0.5, 0.6) is 0 Å². The summed E-state index contributed by atoms with van der Waals surface area (Å²) in [6.45, 7) is 6.46. The first kappa shape index (κ1) is 7.66. The van der Waals surface area contributed by atoms with E-state index < -0.39 is 0 Å². The summed E-state index contributed by atoms with van der Waals surface area (Å²) >= 11 is 1.49. The molecule has 1 aromatic heterocycles. The van der Waals surface area contributed by atoms with Crippen molar-refractivity contribution < 1.29 is 0 Å². The first-order chi connectivity index (χ1) is 4.70. The van der Waals surface area contributed by atoms with Gasteiger partial charge in [0.25, 0.3) is 0 Å². The molecule has 2 nitrogen and oxygen atoms in total. The monoisotopic (exact) mass is 156 g/mol. The highest BCUT2D eigenvalue weighted by atomic mass is 32.1. The van der Waals surface area contributed by atoms with Gasteiger partial charge in [0.1, 0.15) is 0 Å². The van der Waals surface area contributed by atoms with Crippen LogP contribution >= 0.6 is 11.5 Å². The predicted octanol–water partition coefficient (Wildman–Crippen LogP) is 2.05. The van der Waals surface area contributed by atoms with Crippen molar-refractivity contribution in [1.82, 2.24) is 9.59 Å².